The van der Waals surface area contributed by atoms with Gasteiger partial charge in [-0.05, 0) is 37.3 Å². The summed E-state index contributed by atoms with van der Waals surface area (Å²) in [6.45, 7) is 1.49. The average Bonchev–Trinajstić information content (AvgIpc) is 2.78. The molecular weight excluding hydrogens is 314 g/mol. The first-order valence-electron chi connectivity index (χ1n) is 5.24. The summed E-state index contributed by atoms with van der Waals surface area (Å²) in [7, 11) is 0. The van der Waals surface area contributed by atoms with Crippen LogP contribution in [0.1, 0.15) is 26.3 Å². The molecule has 1 heterocycles. The third-order valence-electron chi connectivity index (χ3n) is 2.26. The molecule has 1 amide bonds. The second-order valence-corrected chi connectivity index (χ2v) is 5.68. The Morgan fingerprint density at radius 2 is 1.89 bits per heavy atom. The van der Waals surface area contributed by atoms with Crippen molar-refractivity contribution in [1.29, 1.82) is 0 Å². The maximum atomic E-state index is 11.9. The van der Waals surface area contributed by atoms with Crippen LogP contribution in [0, 0.1) is 0 Å². The van der Waals surface area contributed by atoms with Crippen molar-refractivity contribution in [2.75, 3.05) is 5.32 Å². The van der Waals surface area contributed by atoms with E-state index in [4.69, 9.17) is 0 Å². The second-order valence-electron chi connectivity index (χ2n) is 3.68. The zero-order chi connectivity index (χ0) is 13.1. The summed E-state index contributed by atoms with van der Waals surface area (Å²) in [5, 5.41) is 2.78. The highest BCUT2D eigenvalue weighted by atomic mass is 79.9. The number of anilines is 1. The molecule has 0 spiro atoms. The number of rotatable bonds is 3. The average molecular weight is 324 g/mol. The maximum Gasteiger partial charge on any atom is 0.265 e. The number of hydrogen-bond acceptors (Lipinski definition) is 3. The molecule has 0 saturated carbocycles. The molecule has 0 aliphatic heterocycles. The van der Waals surface area contributed by atoms with E-state index >= 15 is 0 Å². The van der Waals surface area contributed by atoms with Gasteiger partial charge in [0.1, 0.15) is 0 Å². The molecule has 1 aromatic heterocycles. The second kappa shape index (κ2) is 5.46. The van der Waals surface area contributed by atoms with Crippen molar-refractivity contribution in [3.05, 3.63) is 50.6 Å². The summed E-state index contributed by atoms with van der Waals surface area (Å²) >= 11 is 4.54. The molecule has 0 fully saturated rings. The lowest BCUT2D eigenvalue weighted by Gasteiger charge is -2.03. The van der Waals surface area contributed by atoms with Crippen LogP contribution >= 0.6 is 27.3 Å². The van der Waals surface area contributed by atoms with E-state index in [1.54, 1.807) is 12.1 Å². The lowest BCUT2D eigenvalue weighted by molar-refractivity contribution is 0.101. The van der Waals surface area contributed by atoms with E-state index < -0.39 is 0 Å². The molecule has 2 rings (SSSR count). The van der Waals surface area contributed by atoms with E-state index in [-0.39, 0.29) is 11.7 Å². The molecule has 0 saturated heterocycles. The molecule has 0 unspecified atom stereocenters. The predicted molar refractivity (Wildman–Crippen MR) is 76.4 cm³/mol. The summed E-state index contributed by atoms with van der Waals surface area (Å²) in [5.41, 5.74) is 0.715. The zero-order valence-electron chi connectivity index (χ0n) is 9.57. The van der Waals surface area contributed by atoms with Crippen LogP contribution in [-0.2, 0) is 0 Å². The van der Waals surface area contributed by atoms with Crippen LogP contribution in [0.2, 0.25) is 0 Å². The van der Waals surface area contributed by atoms with Gasteiger partial charge in [0.05, 0.1) is 9.75 Å². The fraction of sp³-hybridized carbons (Fsp3) is 0.0769. The van der Waals surface area contributed by atoms with E-state index in [2.05, 4.69) is 21.2 Å². The summed E-state index contributed by atoms with van der Waals surface area (Å²) in [5.74, 6) is -0.230. The summed E-state index contributed by atoms with van der Waals surface area (Å²) < 4.78 is 0.899. The van der Waals surface area contributed by atoms with Crippen LogP contribution in [0.25, 0.3) is 0 Å². The van der Waals surface area contributed by atoms with Crippen molar-refractivity contribution in [3.8, 4) is 0 Å². The van der Waals surface area contributed by atoms with Crippen LogP contribution < -0.4 is 5.32 Å². The van der Waals surface area contributed by atoms with Gasteiger partial charge >= 0.3 is 0 Å². The minimum absolute atomic E-state index is 0.0264. The Bertz CT molecular complexity index is 607. The smallest absolute Gasteiger partial charge is 0.265 e. The van der Waals surface area contributed by atoms with Gasteiger partial charge in [-0.3, -0.25) is 9.59 Å². The lowest BCUT2D eigenvalue weighted by atomic mass is 10.3. The van der Waals surface area contributed by atoms with E-state index in [9.17, 15) is 9.59 Å². The normalized spacial score (nSPS) is 10.1. The molecule has 92 valence electrons. The Kier molecular flexibility index (Phi) is 3.93. The fourth-order valence-corrected chi connectivity index (χ4v) is 2.60. The number of halogens is 1. The van der Waals surface area contributed by atoms with Crippen LogP contribution in [0.15, 0.2) is 40.9 Å². The molecule has 0 atom stereocenters. The standard InChI is InChI=1S/C13H10BrNO2S/c1-8(16)11-5-6-12(18-11)13(17)15-10-4-2-3-9(14)7-10/h2-7H,1H3,(H,15,17). The number of amides is 1. The highest BCUT2D eigenvalue weighted by Gasteiger charge is 2.11. The van der Waals surface area contributed by atoms with Gasteiger partial charge < -0.3 is 5.32 Å². The molecule has 2 aromatic rings. The predicted octanol–water partition coefficient (Wildman–Crippen LogP) is 3.97. The largest absolute Gasteiger partial charge is 0.321 e. The van der Waals surface area contributed by atoms with Crippen LogP contribution in [0.3, 0.4) is 0 Å². The third kappa shape index (κ3) is 3.05. The first-order valence-corrected chi connectivity index (χ1v) is 6.85. The Morgan fingerprint density at radius 1 is 1.17 bits per heavy atom. The van der Waals surface area contributed by atoms with Crippen molar-refractivity contribution in [2.24, 2.45) is 0 Å². The van der Waals surface area contributed by atoms with Crippen molar-refractivity contribution < 1.29 is 9.59 Å². The van der Waals surface area contributed by atoms with Gasteiger partial charge in [0.2, 0.25) is 0 Å². The van der Waals surface area contributed by atoms with Crippen molar-refractivity contribution in [1.82, 2.24) is 0 Å². The van der Waals surface area contributed by atoms with Gasteiger partial charge in [-0.25, -0.2) is 0 Å². The number of ketones is 1. The Labute approximate surface area is 117 Å². The first kappa shape index (κ1) is 13.0. The van der Waals surface area contributed by atoms with E-state index in [0.29, 0.717) is 15.4 Å². The van der Waals surface area contributed by atoms with Gasteiger partial charge in [0.15, 0.2) is 5.78 Å². The number of hydrogen-bond donors (Lipinski definition) is 1. The Morgan fingerprint density at radius 3 is 2.50 bits per heavy atom. The molecule has 18 heavy (non-hydrogen) atoms. The summed E-state index contributed by atoms with van der Waals surface area (Å²) in [4.78, 5) is 24.2. The highest BCUT2D eigenvalue weighted by molar-refractivity contribution is 9.10. The van der Waals surface area contributed by atoms with Gasteiger partial charge in [-0.15, -0.1) is 11.3 Å². The molecule has 1 N–H and O–H groups in total. The number of benzene rings is 1. The topological polar surface area (TPSA) is 46.2 Å². The molecule has 5 heteroatoms. The molecular formula is C13H10BrNO2S. The van der Waals surface area contributed by atoms with E-state index in [0.717, 1.165) is 4.47 Å². The van der Waals surface area contributed by atoms with Crippen LogP contribution in [-0.4, -0.2) is 11.7 Å². The number of Topliss-reactive ketones (excluding diaryl/α,β-unsaturated/α-hetero) is 1. The molecule has 1 aromatic carbocycles. The number of carbonyl (C=O) groups excluding carboxylic acids is 2. The van der Waals surface area contributed by atoms with Gasteiger partial charge in [0.25, 0.3) is 5.91 Å². The number of nitrogens with one attached hydrogen (secondary N) is 1. The summed E-state index contributed by atoms with van der Waals surface area (Å²) in [6.07, 6.45) is 0. The molecule has 3 nitrogen and oxygen atoms in total. The van der Waals surface area contributed by atoms with Gasteiger partial charge in [0, 0.05) is 10.2 Å². The Balaban J connectivity index is 2.14. The third-order valence-corrected chi connectivity index (χ3v) is 3.94. The van der Waals surface area contributed by atoms with Crippen molar-refractivity contribution >= 4 is 44.6 Å². The molecule has 0 bridgehead atoms. The monoisotopic (exact) mass is 323 g/mol. The van der Waals surface area contributed by atoms with Crippen LogP contribution in [0.5, 0.6) is 0 Å². The van der Waals surface area contributed by atoms with Crippen molar-refractivity contribution in [3.63, 3.8) is 0 Å². The van der Waals surface area contributed by atoms with Gasteiger partial charge in [-0.2, -0.15) is 0 Å². The summed E-state index contributed by atoms with van der Waals surface area (Å²) in [6, 6.07) is 10.7. The lowest BCUT2D eigenvalue weighted by Crippen LogP contribution is -2.09. The van der Waals surface area contributed by atoms with Crippen molar-refractivity contribution in [2.45, 2.75) is 6.92 Å². The number of thiophene rings is 1. The molecule has 0 aliphatic carbocycles. The fourth-order valence-electron chi connectivity index (χ4n) is 1.41. The van der Waals surface area contributed by atoms with E-state index in [1.165, 1.54) is 18.3 Å². The Hall–Kier alpha value is -1.46. The minimum Gasteiger partial charge on any atom is -0.321 e. The first-order chi connectivity index (χ1) is 8.56. The molecule has 0 radical (unpaired) electrons. The van der Waals surface area contributed by atoms with Crippen LogP contribution in [0.4, 0.5) is 5.69 Å². The SMILES string of the molecule is CC(=O)c1ccc(C(=O)Nc2cccc(Br)c2)s1. The zero-order valence-corrected chi connectivity index (χ0v) is 12.0. The molecule has 0 aliphatic rings. The quantitative estimate of drug-likeness (QED) is 0.869. The van der Waals surface area contributed by atoms with Gasteiger partial charge in [-0.1, -0.05) is 22.0 Å². The number of carbonyl (C=O) groups is 2. The minimum atomic E-state index is -0.203. The highest BCUT2D eigenvalue weighted by Crippen LogP contribution is 2.20. The van der Waals surface area contributed by atoms with E-state index in [1.807, 2.05) is 24.3 Å². The maximum absolute atomic E-state index is 11.9.